The Bertz CT molecular complexity index is 261. The Morgan fingerprint density at radius 3 is 3.08 bits per heavy atom. The highest BCUT2D eigenvalue weighted by Crippen LogP contribution is 2.48. The summed E-state index contributed by atoms with van der Waals surface area (Å²) < 4.78 is 5.33. The van der Waals surface area contributed by atoms with E-state index in [1.807, 2.05) is 6.07 Å². The molecule has 1 saturated carbocycles. The second kappa shape index (κ2) is 3.00. The van der Waals surface area contributed by atoms with Crippen molar-refractivity contribution in [2.24, 2.45) is 11.8 Å². The van der Waals surface area contributed by atoms with Crippen molar-refractivity contribution < 1.29 is 9.53 Å². The highest BCUT2D eigenvalue weighted by atomic mass is 16.5. The molecule has 4 atom stereocenters. The standard InChI is InChI=1S/C9H12N2O2/c1-5(4-10)11-9(12)7-6-2-3-13-8(6)7/h5-8H,2-3H2,1H3,(H,11,12)/t5-,6?,7?,8?/m1/s1. The summed E-state index contributed by atoms with van der Waals surface area (Å²) in [7, 11) is 0. The first-order valence-corrected chi connectivity index (χ1v) is 4.55. The van der Waals surface area contributed by atoms with E-state index in [-0.39, 0.29) is 17.9 Å². The number of nitrogens with one attached hydrogen (secondary N) is 1. The number of hydrogen-bond donors (Lipinski definition) is 1. The molecule has 0 bridgehead atoms. The molecule has 0 aromatic carbocycles. The van der Waals surface area contributed by atoms with Crippen molar-refractivity contribution in [2.45, 2.75) is 25.5 Å². The summed E-state index contributed by atoms with van der Waals surface area (Å²) in [5.74, 6) is 0.416. The van der Waals surface area contributed by atoms with Crippen molar-refractivity contribution >= 4 is 5.91 Å². The Labute approximate surface area is 76.9 Å². The number of ether oxygens (including phenoxy) is 1. The van der Waals surface area contributed by atoms with Crippen LogP contribution >= 0.6 is 0 Å². The smallest absolute Gasteiger partial charge is 0.227 e. The molecule has 1 aliphatic carbocycles. The largest absolute Gasteiger partial charge is 0.377 e. The van der Waals surface area contributed by atoms with Gasteiger partial charge < -0.3 is 10.1 Å². The van der Waals surface area contributed by atoms with Crippen LogP contribution in [0.15, 0.2) is 0 Å². The van der Waals surface area contributed by atoms with E-state index in [9.17, 15) is 4.79 Å². The average molecular weight is 180 g/mol. The van der Waals surface area contributed by atoms with Gasteiger partial charge in [-0.15, -0.1) is 0 Å². The van der Waals surface area contributed by atoms with Crippen LogP contribution in [0.2, 0.25) is 0 Å². The number of nitriles is 1. The van der Waals surface area contributed by atoms with Gasteiger partial charge in [0.15, 0.2) is 0 Å². The second-order valence-electron chi connectivity index (χ2n) is 3.67. The molecular formula is C9H12N2O2. The van der Waals surface area contributed by atoms with E-state index in [0.717, 1.165) is 13.0 Å². The Morgan fingerprint density at radius 2 is 2.54 bits per heavy atom. The fourth-order valence-corrected chi connectivity index (χ4v) is 1.94. The highest BCUT2D eigenvalue weighted by Gasteiger charge is 2.58. The quantitative estimate of drug-likeness (QED) is 0.653. The van der Waals surface area contributed by atoms with Gasteiger partial charge in [0.2, 0.25) is 5.91 Å². The van der Waals surface area contributed by atoms with Gasteiger partial charge in [-0.3, -0.25) is 4.79 Å². The summed E-state index contributed by atoms with van der Waals surface area (Å²) in [6, 6.07) is 1.58. The van der Waals surface area contributed by atoms with Crippen LogP contribution in [-0.2, 0) is 9.53 Å². The zero-order valence-corrected chi connectivity index (χ0v) is 7.49. The fraction of sp³-hybridized carbons (Fsp3) is 0.778. The molecular weight excluding hydrogens is 168 g/mol. The molecule has 0 aromatic rings. The summed E-state index contributed by atoms with van der Waals surface area (Å²) in [6.45, 7) is 2.46. The Morgan fingerprint density at radius 1 is 1.77 bits per heavy atom. The molecule has 13 heavy (non-hydrogen) atoms. The number of hydrogen-bond acceptors (Lipinski definition) is 3. The fourth-order valence-electron chi connectivity index (χ4n) is 1.94. The van der Waals surface area contributed by atoms with Gasteiger partial charge in [0, 0.05) is 12.5 Å². The molecule has 1 aliphatic heterocycles. The summed E-state index contributed by atoms with van der Waals surface area (Å²) >= 11 is 0. The van der Waals surface area contributed by atoms with Gasteiger partial charge in [-0.05, 0) is 13.3 Å². The third kappa shape index (κ3) is 1.40. The topological polar surface area (TPSA) is 62.1 Å². The molecule has 2 rings (SSSR count). The van der Waals surface area contributed by atoms with Crippen molar-refractivity contribution in [3.8, 4) is 6.07 Å². The summed E-state index contributed by atoms with van der Waals surface area (Å²) in [5, 5.41) is 11.1. The van der Waals surface area contributed by atoms with E-state index in [1.165, 1.54) is 0 Å². The number of fused-ring (bicyclic) bond motifs is 1. The molecule has 1 N–H and O–H groups in total. The zero-order valence-electron chi connectivity index (χ0n) is 7.49. The van der Waals surface area contributed by atoms with Crippen LogP contribution in [-0.4, -0.2) is 24.7 Å². The molecule has 0 radical (unpaired) electrons. The van der Waals surface area contributed by atoms with E-state index >= 15 is 0 Å². The molecule has 1 saturated heterocycles. The molecule has 0 aromatic heterocycles. The van der Waals surface area contributed by atoms with Crippen LogP contribution in [0.5, 0.6) is 0 Å². The first-order chi connectivity index (χ1) is 6.24. The molecule has 4 heteroatoms. The van der Waals surface area contributed by atoms with Crippen LogP contribution in [0.4, 0.5) is 0 Å². The van der Waals surface area contributed by atoms with Gasteiger partial charge in [0.25, 0.3) is 0 Å². The SMILES string of the molecule is C[C@H](C#N)NC(=O)C1C2CCOC21. The van der Waals surface area contributed by atoms with Gasteiger partial charge in [-0.25, -0.2) is 0 Å². The number of carbonyl (C=O) groups excluding carboxylic acids is 1. The van der Waals surface area contributed by atoms with Crippen LogP contribution < -0.4 is 5.32 Å². The number of rotatable bonds is 2. The number of amides is 1. The summed E-state index contributed by atoms with van der Waals surface area (Å²) in [6.07, 6.45) is 1.13. The minimum Gasteiger partial charge on any atom is -0.377 e. The van der Waals surface area contributed by atoms with Gasteiger partial charge in [0.1, 0.15) is 6.04 Å². The molecule has 2 aliphatic rings. The molecule has 3 unspecified atom stereocenters. The first kappa shape index (κ1) is 8.52. The third-order valence-electron chi connectivity index (χ3n) is 2.71. The van der Waals surface area contributed by atoms with Crippen molar-refractivity contribution in [1.82, 2.24) is 5.32 Å². The Kier molecular flexibility index (Phi) is 1.97. The summed E-state index contributed by atoms with van der Waals surface area (Å²) in [4.78, 5) is 11.4. The molecule has 0 spiro atoms. The minimum atomic E-state index is -0.395. The van der Waals surface area contributed by atoms with E-state index < -0.39 is 6.04 Å². The van der Waals surface area contributed by atoms with Crippen LogP contribution in [0.1, 0.15) is 13.3 Å². The highest BCUT2D eigenvalue weighted by molar-refractivity contribution is 5.83. The maximum atomic E-state index is 11.4. The maximum Gasteiger partial charge on any atom is 0.227 e. The lowest BCUT2D eigenvalue weighted by Gasteiger charge is -2.07. The van der Waals surface area contributed by atoms with Gasteiger partial charge in [-0.1, -0.05) is 0 Å². The van der Waals surface area contributed by atoms with Gasteiger partial charge >= 0.3 is 0 Å². The number of nitrogens with zero attached hydrogens (tertiary/aromatic N) is 1. The van der Waals surface area contributed by atoms with Crippen molar-refractivity contribution in [3.05, 3.63) is 0 Å². The van der Waals surface area contributed by atoms with Crippen molar-refractivity contribution in [1.29, 1.82) is 5.26 Å². The second-order valence-corrected chi connectivity index (χ2v) is 3.67. The first-order valence-electron chi connectivity index (χ1n) is 4.55. The normalized spacial score (nSPS) is 37.4. The Hall–Kier alpha value is -1.08. The third-order valence-corrected chi connectivity index (χ3v) is 2.71. The average Bonchev–Trinajstić information content (AvgIpc) is 2.61. The lowest BCUT2D eigenvalue weighted by molar-refractivity contribution is -0.124. The monoisotopic (exact) mass is 180 g/mol. The van der Waals surface area contributed by atoms with Crippen molar-refractivity contribution in [2.75, 3.05) is 6.61 Å². The predicted octanol–water partition coefficient (Wildman–Crippen LogP) is 0.0496. The van der Waals surface area contributed by atoms with Crippen LogP contribution in [0.3, 0.4) is 0 Å². The van der Waals surface area contributed by atoms with E-state index in [4.69, 9.17) is 10.00 Å². The van der Waals surface area contributed by atoms with Gasteiger partial charge in [-0.2, -0.15) is 5.26 Å². The molecule has 1 heterocycles. The summed E-state index contributed by atoms with van der Waals surface area (Å²) in [5.41, 5.74) is 0. The minimum absolute atomic E-state index is 0.0181. The maximum absolute atomic E-state index is 11.4. The van der Waals surface area contributed by atoms with Crippen LogP contribution in [0, 0.1) is 23.2 Å². The van der Waals surface area contributed by atoms with E-state index in [2.05, 4.69) is 5.32 Å². The van der Waals surface area contributed by atoms with Crippen molar-refractivity contribution in [3.63, 3.8) is 0 Å². The number of carbonyl (C=O) groups is 1. The lowest BCUT2D eigenvalue weighted by Crippen LogP contribution is -2.34. The molecule has 1 amide bonds. The molecule has 4 nitrogen and oxygen atoms in total. The molecule has 2 fully saturated rings. The predicted molar refractivity (Wildman–Crippen MR) is 44.6 cm³/mol. The molecule has 70 valence electrons. The van der Waals surface area contributed by atoms with E-state index in [0.29, 0.717) is 5.92 Å². The van der Waals surface area contributed by atoms with Crippen LogP contribution in [0.25, 0.3) is 0 Å². The lowest BCUT2D eigenvalue weighted by atomic mass is 10.2. The van der Waals surface area contributed by atoms with E-state index in [1.54, 1.807) is 6.92 Å². The van der Waals surface area contributed by atoms with Gasteiger partial charge in [0.05, 0.1) is 18.1 Å². The zero-order chi connectivity index (χ0) is 9.42. The Balaban J connectivity index is 1.84.